The first-order valence-corrected chi connectivity index (χ1v) is 7.57. The lowest BCUT2D eigenvalue weighted by molar-refractivity contribution is 0.0934. The predicted octanol–water partition coefficient (Wildman–Crippen LogP) is 1.09. The number of hydrogen-bond acceptors (Lipinski definition) is 5. The Morgan fingerprint density at radius 3 is 3.00 bits per heavy atom. The average Bonchev–Trinajstić information content (AvgIpc) is 3.06. The molecule has 116 valence electrons. The van der Waals surface area contributed by atoms with Crippen molar-refractivity contribution in [1.82, 2.24) is 30.6 Å². The Kier molecular flexibility index (Phi) is 4.43. The van der Waals surface area contributed by atoms with Gasteiger partial charge < -0.3 is 10.6 Å². The number of piperidine rings is 1. The number of pyridine rings is 1. The molecule has 1 aliphatic heterocycles. The van der Waals surface area contributed by atoms with E-state index in [1.807, 2.05) is 23.7 Å². The average molecular weight is 300 g/mol. The highest BCUT2D eigenvalue weighted by atomic mass is 16.2. The van der Waals surface area contributed by atoms with Gasteiger partial charge in [0.2, 0.25) is 0 Å². The predicted molar refractivity (Wildman–Crippen MR) is 81.3 cm³/mol. The highest BCUT2D eigenvalue weighted by Gasteiger charge is 2.19. The molecule has 3 rings (SSSR count). The van der Waals surface area contributed by atoms with Gasteiger partial charge in [-0.1, -0.05) is 11.3 Å². The molecule has 3 heterocycles. The number of hydrogen-bond donors (Lipinski definition) is 2. The largest absolute Gasteiger partial charge is 0.344 e. The van der Waals surface area contributed by atoms with Crippen molar-refractivity contribution in [1.29, 1.82) is 0 Å². The molecule has 22 heavy (non-hydrogen) atoms. The quantitative estimate of drug-likeness (QED) is 0.883. The molecule has 0 bridgehead atoms. The normalized spacial score (nSPS) is 17.1. The van der Waals surface area contributed by atoms with Crippen LogP contribution < -0.4 is 10.6 Å². The molecule has 1 amide bonds. The Bertz CT molecular complexity index is 620. The van der Waals surface area contributed by atoms with Crippen LogP contribution in [0.3, 0.4) is 0 Å². The van der Waals surface area contributed by atoms with Gasteiger partial charge in [-0.2, -0.15) is 0 Å². The number of nitrogens with one attached hydrogen (secondary N) is 2. The van der Waals surface area contributed by atoms with Gasteiger partial charge in [-0.05, 0) is 44.5 Å². The molecular weight excluding hydrogens is 280 g/mol. The molecule has 7 nitrogen and oxygen atoms in total. The van der Waals surface area contributed by atoms with E-state index in [0.717, 1.165) is 31.5 Å². The molecule has 0 radical (unpaired) electrons. The number of carbonyl (C=O) groups excluding carboxylic acids is 1. The van der Waals surface area contributed by atoms with E-state index in [9.17, 15) is 4.79 Å². The van der Waals surface area contributed by atoms with Crippen molar-refractivity contribution >= 4 is 5.91 Å². The summed E-state index contributed by atoms with van der Waals surface area (Å²) in [4.78, 5) is 16.3. The van der Waals surface area contributed by atoms with Gasteiger partial charge in [0.05, 0.1) is 18.3 Å². The molecule has 2 aromatic heterocycles. The Balaban J connectivity index is 1.64. The summed E-state index contributed by atoms with van der Waals surface area (Å²) < 4.78 is 1.81. The maximum Gasteiger partial charge on any atom is 0.273 e. The van der Waals surface area contributed by atoms with Crippen LogP contribution in [0.1, 0.15) is 47.9 Å². The minimum atomic E-state index is -0.212. The lowest BCUT2D eigenvalue weighted by Gasteiger charge is -2.22. The van der Waals surface area contributed by atoms with E-state index in [0.29, 0.717) is 11.7 Å². The van der Waals surface area contributed by atoms with Crippen molar-refractivity contribution in [2.75, 3.05) is 13.1 Å². The number of aromatic nitrogens is 4. The topological polar surface area (TPSA) is 84.7 Å². The van der Waals surface area contributed by atoms with Crippen LogP contribution >= 0.6 is 0 Å². The van der Waals surface area contributed by atoms with Gasteiger partial charge in [0, 0.05) is 12.4 Å². The molecule has 0 aliphatic carbocycles. The van der Waals surface area contributed by atoms with Crippen molar-refractivity contribution in [3.8, 4) is 0 Å². The minimum absolute atomic E-state index is 0.120. The van der Waals surface area contributed by atoms with Crippen LogP contribution in [0.4, 0.5) is 0 Å². The van der Waals surface area contributed by atoms with Crippen LogP contribution in [0.5, 0.6) is 0 Å². The van der Waals surface area contributed by atoms with E-state index in [2.05, 4.69) is 25.9 Å². The van der Waals surface area contributed by atoms with Crippen molar-refractivity contribution in [3.05, 3.63) is 42.0 Å². The van der Waals surface area contributed by atoms with Crippen LogP contribution in [0.25, 0.3) is 0 Å². The Labute approximate surface area is 129 Å². The molecule has 1 saturated heterocycles. The van der Waals surface area contributed by atoms with Gasteiger partial charge in [-0.15, -0.1) is 5.10 Å². The van der Waals surface area contributed by atoms with Crippen LogP contribution in [0, 0.1) is 0 Å². The fourth-order valence-corrected chi connectivity index (χ4v) is 2.62. The van der Waals surface area contributed by atoms with Crippen molar-refractivity contribution < 1.29 is 4.79 Å². The highest BCUT2D eigenvalue weighted by molar-refractivity contribution is 5.92. The summed E-state index contributed by atoms with van der Waals surface area (Å²) in [6.45, 7) is 3.88. The van der Waals surface area contributed by atoms with Gasteiger partial charge >= 0.3 is 0 Å². The second-order valence-corrected chi connectivity index (χ2v) is 5.55. The standard InChI is InChI=1S/C15H20N6O/c1-11(12-3-2-6-17-9-12)18-15(22)14-10-21(20-19-14)13-4-7-16-8-5-13/h2-3,6,9-11,13,16H,4-5,7-8H2,1H3,(H,18,22)/t11-/m0/s1. The monoisotopic (exact) mass is 300 g/mol. The van der Waals surface area contributed by atoms with Crippen molar-refractivity contribution in [2.45, 2.75) is 31.8 Å². The molecule has 1 aliphatic rings. The second kappa shape index (κ2) is 6.65. The summed E-state index contributed by atoms with van der Waals surface area (Å²) in [6.07, 6.45) is 7.22. The van der Waals surface area contributed by atoms with Crippen LogP contribution in [0.2, 0.25) is 0 Å². The first-order valence-electron chi connectivity index (χ1n) is 7.57. The number of nitrogens with zero attached hydrogens (tertiary/aromatic N) is 4. The molecular formula is C15H20N6O. The van der Waals surface area contributed by atoms with Crippen molar-refractivity contribution in [3.63, 3.8) is 0 Å². The smallest absolute Gasteiger partial charge is 0.273 e. The zero-order chi connectivity index (χ0) is 15.4. The Hall–Kier alpha value is -2.28. The summed E-state index contributed by atoms with van der Waals surface area (Å²) in [5.41, 5.74) is 1.32. The lowest BCUT2D eigenvalue weighted by Crippen LogP contribution is -2.29. The molecule has 1 atom stereocenters. The molecule has 2 aromatic rings. The fraction of sp³-hybridized carbons (Fsp3) is 0.467. The van der Waals surface area contributed by atoms with E-state index in [1.54, 1.807) is 18.6 Å². The third-order valence-corrected chi connectivity index (χ3v) is 3.96. The van der Waals surface area contributed by atoms with Crippen LogP contribution in [-0.2, 0) is 0 Å². The van der Waals surface area contributed by atoms with E-state index in [4.69, 9.17) is 0 Å². The van der Waals surface area contributed by atoms with E-state index in [-0.39, 0.29) is 11.9 Å². The molecule has 0 spiro atoms. The van der Waals surface area contributed by atoms with Gasteiger partial charge in [0.25, 0.3) is 5.91 Å². The fourth-order valence-electron chi connectivity index (χ4n) is 2.62. The summed E-state index contributed by atoms with van der Waals surface area (Å²) in [5, 5.41) is 14.3. The molecule has 7 heteroatoms. The van der Waals surface area contributed by atoms with Gasteiger partial charge in [-0.3, -0.25) is 9.78 Å². The Morgan fingerprint density at radius 1 is 1.45 bits per heavy atom. The highest BCUT2D eigenvalue weighted by Crippen LogP contribution is 2.17. The second-order valence-electron chi connectivity index (χ2n) is 5.55. The zero-order valence-corrected chi connectivity index (χ0v) is 12.6. The third kappa shape index (κ3) is 3.30. The maximum atomic E-state index is 12.3. The zero-order valence-electron chi connectivity index (χ0n) is 12.6. The lowest BCUT2D eigenvalue weighted by atomic mass is 10.1. The SMILES string of the molecule is C[C@H](NC(=O)c1cn(C2CCNCC2)nn1)c1cccnc1. The number of rotatable bonds is 4. The molecule has 0 aromatic carbocycles. The first-order chi connectivity index (χ1) is 10.7. The number of amides is 1. The maximum absolute atomic E-state index is 12.3. The summed E-state index contributed by atoms with van der Waals surface area (Å²) in [5.74, 6) is -0.212. The van der Waals surface area contributed by atoms with E-state index in [1.165, 1.54) is 0 Å². The molecule has 0 unspecified atom stereocenters. The van der Waals surface area contributed by atoms with E-state index < -0.39 is 0 Å². The summed E-state index contributed by atoms with van der Waals surface area (Å²) in [7, 11) is 0. The van der Waals surface area contributed by atoms with Crippen molar-refractivity contribution in [2.24, 2.45) is 0 Å². The van der Waals surface area contributed by atoms with Crippen LogP contribution in [-0.4, -0.2) is 39.0 Å². The number of carbonyl (C=O) groups is 1. The van der Waals surface area contributed by atoms with Crippen LogP contribution in [0.15, 0.2) is 30.7 Å². The summed E-state index contributed by atoms with van der Waals surface area (Å²) >= 11 is 0. The molecule has 0 saturated carbocycles. The molecule has 1 fully saturated rings. The summed E-state index contributed by atoms with van der Waals surface area (Å²) in [6, 6.07) is 3.99. The van der Waals surface area contributed by atoms with E-state index >= 15 is 0 Å². The first kappa shape index (κ1) is 14.6. The minimum Gasteiger partial charge on any atom is -0.344 e. The Morgan fingerprint density at radius 2 is 2.27 bits per heavy atom. The van der Waals surface area contributed by atoms with Gasteiger partial charge in [0.15, 0.2) is 5.69 Å². The molecule has 2 N–H and O–H groups in total. The third-order valence-electron chi connectivity index (χ3n) is 3.96. The van der Waals surface area contributed by atoms with Gasteiger partial charge in [-0.25, -0.2) is 4.68 Å². The van der Waals surface area contributed by atoms with Gasteiger partial charge in [0.1, 0.15) is 0 Å².